The van der Waals surface area contributed by atoms with Crippen LogP contribution in [0, 0.1) is 0 Å². The lowest BCUT2D eigenvalue weighted by Gasteiger charge is -2.02. The SMILES string of the molecule is O=C(NCc1ccccc1)c1ncn(-c2ccccc2)n1. The molecule has 0 radical (unpaired) electrons. The summed E-state index contributed by atoms with van der Waals surface area (Å²) in [6.07, 6.45) is 1.53. The summed E-state index contributed by atoms with van der Waals surface area (Å²) in [5.41, 5.74) is 1.90. The summed E-state index contributed by atoms with van der Waals surface area (Å²) in [4.78, 5) is 16.1. The van der Waals surface area contributed by atoms with Gasteiger partial charge in [-0.25, -0.2) is 9.67 Å². The first-order chi connectivity index (χ1) is 10.3. The molecule has 0 aliphatic rings. The number of hydrogen-bond donors (Lipinski definition) is 1. The Bertz CT molecular complexity index is 722. The summed E-state index contributed by atoms with van der Waals surface area (Å²) in [6.45, 7) is 0.458. The molecule has 0 atom stereocenters. The molecule has 0 saturated heterocycles. The molecule has 0 bridgehead atoms. The number of nitrogens with one attached hydrogen (secondary N) is 1. The van der Waals surface area contributed by atoms with E-state index in [2.05, 4.69) is 15.4 Å². The van der Waals surface area contributed by atoms with Crippen molar-refractivity contribution in [2.75, 3.05) is 0 Å². The molecule has 21 heavy (non-hydrogen) atoms. The Morgan fingerprint density at radius 3 is 2.38 bits per heavy atom. The molecule has 0 aliphatic carbocycles. The number of aromatic nitrogens is 3. The van der Waals surface area contributed by atoms with Crippen LogP contribution in [-0.4, -0.2) is 20.7 Å². The lowest BCUT2D eigenvalue weighted by molar-refractivity contribution is 0.0940. The van der Waals surface area contributed by atoms with Gasteiger partial charge in [0, 0.05) is 6.54 Å². The molecule has 5 heteroatoms. The van der Waals surface area contributed by atoms with Crippen molar-refractivity contribution in [3.63, 3.8) is 0 Å². The number of carbonyl (C=O) groups is 1. The molecule has 1 amide bonds. The predicted octanol–water partition coefficient (Wildman–Crippen LogP) is 2.20. The van der Waals surface area contributed by atoms with Crippen molar-refractivity contribution in [3.8, 4) is 5.69 Å². The second kappa shape index (κ2) is 6.00. The Kier molecular flexibility index (Phi) is 3.73. The molecule has 0 saturated carbocycles. The van der Waals surface area contributed by atoms with Gasteiger partial charge in [-0.2, -0.15) is 0 Å². The van der Waals surface area contributed by atoms with Crippen LogP contribution in [0.1, 0.15) is 16.2 Å². The van der Waals surface area contributed by atoms with Crippen LogP contribution in [0.5, 0.6) is 0 Å². The fourth-order valence-electron chi connectivity index (χ4n) is 1.93. The summed E-state index contributed by atoms with van der Waals surface area (Å²) in [5, 5.41) is 6.99. The van der Waals surface area contributed by atoms with Crippen molar-refractivity contribution in [1.82, 2.24) is 20.1 Å². The van der Waals surface area contributed by atoms with E-state index in [0.717, 1.165) is 11.3 Å². The first-order valence-electron chi connectivity index (χ1n) is 6.62. The number of carbonyl (C=O) groups excluding carboxylic acids is 1. The minimum atomic E-state index is -0.284. The largest absolute Gasteiger partial charge is 0.345 e. The minimum Gasteiger partial charge on any atom is -0.345 e. The van der Waals surface area contributed by atoms with Gasteiger partial charge in [0.2, 0.25) is 5.82 Å². The summed E-state index contributed by atoms with van der Waals surface area (Å²) in [6, 6.07) is 19.3. The Morgan fingerprint density at radius 1 is 1.00 bits per heavy atom. The Hall–Kier alpha value is -2.95. The summed E-state index contributed by atoms with van der Waals surface area (Å²) >= 11 is 0. The zero-order valence-corrected chi connectivity index (χ0v) is 11.3. The number of rotatable bonds is 4. The van der Waals surface area contributed by atoms with Crippen molar-refractivity contribution in [1.29, 1.82) is 0 Å². The van der Waals surface area contributed by atoms with Gasteiger partial charge in [0.25, 0.3) is 5.91 Å². The Morgan fingerprint density at radius 2 is 1.67 bits per heavy atom. The molecule has 3 aromatic rings. The lowest BCUT2D eigenvalue weighted by atomic mass is 10.2. The molecule has 2 aromatic carbocycles. The van der Waals surface area contributed by atoms with Crippen LogP contribution in [0.2, 0.25) is 0 Å². The highest BCUT2D eigenvalue weighted by molar-refractivity contribution is 5.90. The van der Waals surface area contributed by atoms with Crippen molar-refractivity contribution in [2.24, 2.45) is 0 Å². The van der Waals surface area contributed by atoms with Gasteiger partial charge >= 0.3 is 0 Å². The first kappa shape index (κ1) is 13.1. The minimum absolute atomic E-state index is 0.162. The van der Waals surface area contributed by atoms with Crippen molar-refractivity contribution in [3.05, 3.63) is 78.4 Å². The number of amides is 1. The maximum Gasteiger partial charge on any atom is 0.291 e. The van der Waals surface area contributed by atoms with Gasteiger partial charge in [0.1, 0.15) is 6.33 Å². The van der Waals surface area contributed by atoms with Gasteiger partial charge in [-0.1, -0.05) is 48.5 Å². The van der Waals surface area contributed by atoms with Crippen LogP contribution in [0.15, 0.2) is 67.0 Å². The molecule has 0 unspecified atom stereocenters. The molecular formula is C16H14N4O. The molecule has 1 heterocycles. The number of para-hydroxylation sites is 1. The Balaban J connectivity index is 1.67. The maximum absolute atomic E-state index is 12.0. The normalized spacial score (nSPS) is 10.3. The van der Waals surface area contributed by atoms with Gasteiger partial charge in [0.15, 0.2) is 0 Å². The fourth-order valence-corrected chi connectivity index (χ4v) is 1.93. The monoisotopic (exact) mass is 278 g/mol. The quantitative estimate of drug-likeness (QED) is 0.796. The van der Waals surface area contributed by atoms with Gasteiger partial charge in [-0.3, -0.25) is 4.79 Å². The molecule has 3 rings (SSSR count). The molecule has 0 aliphatic heterocycles. The standard InChI is InChI=1S/C16H14N4O/c21-16(17-11-13-7-3-1-4-8-13)15-18-12-20(19-15)14-9-5-2-6-10-14/h1-10,12H,11H2,(H,17,21). The fraction of sp³-hybridized carbons (Fsp3) is 0.0625. The first-order valence-corrected chi connectivity index (χ1v) is 6.62. The molecule has 104 valence electrons. The number of nitrogens with zero attached hydrogens (tertiary/aromatic N) is 3. The average molecular weight is 278 g/mol. The van der Waals surface area contributed by atoms with E-state index in [4.69, 9.17) is 0 Å². The third kappa shape index (κ3) is 3.14. The average Bonchev–Trinajstić information content (AvgIpc) is 3.04. The van der Waals surface area contributed by atoms with E-state index in [9.17, 15) is 4.79 Å². The van der Waals surface area contributed by atoms with E-state index >= 15 is 0 Å². The van der Waals surface area contributed by atoms with Gasteiger partial charge in [0.05, 0.1) is 5.69 Å². The van der Waals surface area contributed by atoms with E-state index in [-0.39, 0.29) is 11.7 Å². The number of benzene rings is 2. The molecule has 0 fully saturated rings. The van der Waals surface area contributed by atoms with Gasteiger partial charge < -0.3 is 5.32 Å². The Labute approximate surface area is 122 Å². The van der Waals surface area contributed by atoms with E-state index in [0.29, 0.717) is 6.54 Å². The zero-order chi connectivity index (χ0) is 14.5. The summed E-state index contributed by atoms with van der Waals surface area (Å²) in [7, 11) is 0. The van der Waals surface area contributed by atoms with Gasteiger partial charge in [-0.05, 0) is 17.7 Å². The molecule has 0 spiro atoms. The van der Waals surface area contributed by atoms with Crippen LogP contribution < -0.4 is 5.32 Å². The van der Waals surface area contributed by atoms with E-state index in [1.807, 2.05) is 60.7 Å². The third-order valence-corrected chi connectivity index (χ3v) is 3.01. The highest BCUT2D eigenvalue weighted by atomic mass is 16.2. The van der Waals surface area contributed by atoms with Crippen molar-refractivity contribution in [2.45, 2.75) is 6.54 Å². The third-order valence-electron chi connectivity index (χ3n) is 3.01. The van der Waals surface area contributed by atoms with Crippen LogP contribution in [0.25, 0.3) is 5.69 Å². The number of hydrogen-bond acceptors (Lipinski definition) is 3. The van der Waals surface area contributed by atoms with Crippen LogP contribution in [-0.2, 0) is 6.54 Å². The van der Waals surface area contributed by atoms with Crippen molar-refractivity contribution >= 4 is 5.91 Å². The van der Waals surface area contributed by atoms with Crippen LogP contribution in [0.4, 0.5) is 0 Å². The van der Waals surface area contributed by atoms with E-state index < -0.39 is 0 Å². The highest BCUT2D eigenvalue weighted by Crippen LogP contribution is 2.05. The summed E-state index contributed by atoms with van der Waals surface area (Å²) in [5.74, 6) is -0.122. The van der Waals surface area contributed by atoms with Crippen LogP contribution >= 0.6 is 0 Å². The predicted molar refractivity (Wildman–Crippen MR) is 79.0 cm³/mol. The zero-order valence-electron chi connectivity index (χ0n) is 11.3. The molecular weight excluding hydrogens is 264 g/mol. The molecule has 1 aromatic heterocycles. The lowest BCUT2D eigenvalue weighted by Crippen LogP contribution is -2.24. The van der Waals surface area contributed by atoms with E-state index in [1.165, 1.54) is 6.33 Å². The second-order valence-electron chi connectivity index (χ2n) is 4.52. The van der Waals surface area contributed by atoms with Gasteiger partial charge in [-0.15, -0.1) is 5.10 Å². The van der Waals surface area contributed by atoms with Crippen LogP contribution in [0.3, 0.4) is 0 Å². The second-order valence-corrected chi connectivity index (χ2v) is 4.52. The van der Waals surface area contributed by atoms with E-state index in [1.54, 1.807) is 4.68 Å². The summed E-state index contributed by atoms with van der Waals surface area (Å²) < 4.78 is 1.58. The smallest absolute Gasteiger partial charge is 0.291 e. The highest BCUT2D eigenvalue weighted by Gasteiger charge is 2.11. The topological polar surface area (TPSA) is 59.8 Å². The maximum atomic E-state index is 12.0. The molecule has 1 N–H and O–H groups in total. The molecule has 5 nitrogen and oxygen atoms in total. The van der Waals surface area contributed by atoms with Crippen molar-refractivity contribution < 1.29 is 4.79 Å².